The average molecular weight is 184 g/mol. The van der Waals surface area contributed by atoms with E-state index in [1.165, 1.54) is 32.5 Å². The van der Waals surface area contributed by atoms with Gasteiger partial charge in [0.25, 0.3) is 0 Å². The zero-order valence-corrected chi connectivity index (χ0v) is 9.56. The minimum atomic E-state index is 0.564. The topological polar surface area (TPSA) is 15.3 Å². The van der Waals surface area contributed by atoms with Gasteiger partial charge in [0.1, 0.15) is 0 Å². The lowest BCUT2D eigenvalue weighted by atomic mass is 9.70. The van der Waals surface area contributed by atoms with Gasteiger partial charge in [0.15, 0.2) is 0 Å². The second kappa shape index (κ2) is 4.43. The van der Waals surface area contributed by atoms with Crippen molar-refractivity contribution in [2.75, 3.05) is 33.7 Å². The molecule has 1 rings (SSSR count). The van der Waals surface area contributed by atoms with Gasteiger partial charge in [-0.15, -0.1) is 0 Å². The van der Waals surface area contributed by atoms with Crippen LogP contribution in [0.2, 0.25) is 0 Å². The maximum atomic E-state index is 3.45. The molecule has 0 atom stereocenters. The fraction of sp³-hybridized carbons (Fsp3) is 1.00. The highest BCUT2D eigenvalue weighted by Crippen LogP contribution is 2.37. The van der Waals surface area contributed by atoms with Crippen LogP contribution in [-0.2, 0) is 0 Å². The van der Waals surface area contributed by atoms with Crippen molar-refractivity contribution in [2.45, 2.75) is 26.7 Å². The van der Waals surface area contributed by atoms with Crippen LogP contribution < -0.4 is 5.32 Å². The molecule has 78 valence electrons. The third-order valence-corrected chi connectivity index (χ3v) is 3.46. The molecule has 1 saturated heterocycles. The van der Waals surface area contributed by atoms with Gasteiger partial charge in [0, 0.05) is 6.54 Å². The van der Waals surface area contributed by atoms with Gasteiger partial charge in [-0.1, -0.05) is 13.8 Å². The average Bonchev–Trinajstić information content (AvgIpc) is 2.04. The van der Waals surface area contributed by atoms with Crippen molar-refractivity contribution in [3.05, 3.63) is 0 Å². The summed E-state index contributed by atoms with van der Waals surface area (Å²) in [6, 6.07) is 0. The van der Waals surface area contributed by atoms with Crippen LogP contribution in [0.4, 0.5) is 0 Å². The number of nitrogens with zero attached hydrogens (tertiary/aromatic N) is 1. The van der Waals surface area contributed by atoms with Crippen molar-refractivity contribution in [1.82, 2.24) is 10.2 Å². The second-order valence-corrected chi connectivity index (χ2v) is 5.00. The third-order valence-electron chi connectivity index (χ3n) is 3.46. The molecule has 1 aliphatic rings. The first-order valence-corrected chi connectivity index (χ1v) is 5.42. The summed E-state index contributed by atoms with van der Waals surface area (Å²) in [5, 5.41) is 3.45. The SMILES string of the molecule is CC(C)C1(CN(C)C)CCNCC1. The van der Waals surface area contributed by atoms with Gasteiger partial charge in [-0.05, 0) is 51.4 Å². The highest BCUT2D eigenvalue weighted by Gasteiger charge is 2.35. The zero-order valence-electron chi connectivity index (χ0n) is 9.56. The highest BCUT2D eigenvalue weighted by atomic mass is 15.1. The fourth-order valence-electron chi connectivity index (χ4n) is 2.47. The summed E-state index contributed by atoms with van der Waals surface area (Å²) in [6.45, 7) is 8.38. The first kappa shape index (κ1) is 11.0. The molecule has 0 aromatic rings. The molecule has 0 aromatic heterocycles. The van der Waals surface area contributed by atoms with E-state index in [4.69, 9.17) is 0 Å². The van der Waals surface area contributed by atoms with Crippen LogP contribution in [0.3, 0.4) is 0 Å². The number of piperidine rings is 1. The molecule has 0 unspecified atom stereocenters. The van der Waals surface area contributed by atoms with E-state index >= 15 is 0 Å². The van der Waals surface area contributed by atoms with Crippen LogP contribution in [-0.4, -0.2) is 38.6 Å². The van der Waals surface area contributed by atoms with Gasteiger partial charge in [0.2, 0.25) is 0 Å². The van der Waals surface area contributed by atoms with E-state index in [9.17, 15) is 0 Å². The van der Waals surface area contributed by atoms with Crippen LogP contribution in [0.15, 0.2) is 0 Å². The van der Waals surface area contributed by atoms with Crippen molar-refractivity contribution in [1.29, 1.82) is 0 Å². The van der Waals surface area contributed by atoms with Crippen LogP contribution in [0.1, 0.15) is 26.7 Å². The maximum absolute atomic E-state index is 3.45. The van der Waals surface area contributed by atoms with Gasteiger partial charge in [-0.25, -0.2) is 0 Å². The molecule has 0 aromatic carbocycles. The predicted octanol–water partition coefficient (Wildman–Crippen LogP) is 1.57. The molecular weight excluding hydrogens is 160 g/mol. The predicted molar refractivity (Wildman–Crippen MR) is 57.9 cm³/mol. The fourth-order valence-corrected chi connectivity index (χ4v) is 2.47. The molecule has 1 heterocycles. The van der Waals surface area contributed by atoms with E-state index in [-0.39, 0.29) is 0 Å². The van der Waals surface area contributed by atoms with Crippen LogP contribution in [0.5, 0.6) is 0 Å². The van der Waals surface area contributed by atoms with E-state index in [2.05, 4.69) is 38.2 Å². The molecule has 1 aliphatic heterocycles. The molecule has 13 heavy (non-hydrogen) atoms. The summed E-state index contributed by atoms with van der Waals surface area (Å²) in [7, 11) is 4.37. The smallest absolute Gasteiger partial charge is 0.00353 e. The van der Waals surface area contributed by atoms with E-state index in [1.54, 1.807) is 0 Å². The largest absolute Gasteiger partial charge is 0.317 e. The minimum Gasteiger partial charge on any atom is -0.317 e. The van der Waals surface area contributed by atoms with Crippen molar-refractivity contribution in [3.8, 4) is 0 Å². The number of hydrogen-bond donors (Lipinski definition) is 1. The monoisotopic (exact) mass is 184 g/mol. The number of nitrogens with one attached hydrogen (secondary N) is 1. The Bertz CT molecular complexity index is 146. The van der Waals surface area contributed by atoms with E-state index < -0.39 is 0 Å². The Balaban J connectivity index is 2.61. The number of rotatable bonds is 3. The van der Waals surface area contributed by atoms with Crippen molar-refractivity contribution in [3.63, 3.8) is 0 Å². The Morgan fingerprint density at radius 2 is 1.77 bits per heavy atom. The summed E-state index contributed by atoms with van der Waals surface area (Å²) in [6.07, 6.45) is 2.67. The quantitative estimate of drug-likeness (QED) is 0.716. The molecule has 1 N–H and O–H groups in total. The molecule has 0 saturated carbocycles. The summed E-state index contributed by atoms with van der Waals surface area (Å²) < 4.78 is 0. The molecular formula is C11H24N2. The van der Waals surface area contributed by atoms with Crippen molar-refractivity contribution < 1.29 is 0 Å². The first-order chi connectivity index (χ1) is 6.07. The van der Waals surface area contributed by atoms with Gasteiger partial charge >= 0.3 is 0 Å². The lowest BCUT2D eigenvalue weighted by Crippen LogP contribution is -2.46. The van der Waals surface area contributed by atoms with Gasteiger partial charge in [-0.2, -0.15) is 0 Å². The van der Waals surface area contributed by atoms with E-state index in [1.807, 2.05) is 0 Å². The standard InChI is InChI=1S/C11H24N2/c1-10(2)11(9-13(3)4)5-7-12-8-6-11/h10,12H,5-9H2,1-4H3. The Kier molecular flexibility index (Phi) is 3.74. The maximum Gasteiger partial charge on any atom is 0.00353 e. The molecule has 0 bridgehead atoms. The third kappa shape index (κ3) is 2.68. The van der Waals surface area contributed by atoms with Gasteiger partial charge in [0.05, 0.1) is 0 Å². The van der Waals surface area contributed by atoms with E-state index in [0.29, 0.717) is 5.41 Å². The minimum absolute atomic E-state index is 0.564. The van der Waals surface area contributed by atoms with Gasteiger partial charge < -0.3 is 10.2 Å². The summed E-state index contributed by atoms with van der Waals surface area (Å²) in [5.74, 6) is 0.803. The second-order valence-electron chi connectivity index (χ2n) is 5.00. The molecule has 1 fully saturated rings. The summed E-state index contributed by atoms with van der Waals surface area (Å²) in [5.41, 5.74) is 0.564. The van der Waals surface area contributed by atoms with E-state index in [0.717, 1.165) is 5.92 Å². The zero-order chi connectivity index (χ0) is 9.90. The summed E-state index contributed by atoms with van der Waals surface area (Å²) in [4.78, 5) is 2.34. The summed E-state index contributed by atoms with van der Waals surface area (Å²) >= 11 is 0. The van der Waals surface area contributed by atoms with Crippen LogP contribution in [0.25, 0.3) is 0 Å². The Morgan fingerprint density at radius 3 is 2.15 bits per heavy atom. The van der Waals surface area contributed by atoms with Crippen molar-refractivity contribution >= 4 is 0 Å². The molecule has 2 heteroatoms. The lowest BCUT2D eigenvalue weighted by Gasteiger charge is -2.43. The Morgan fingerprint density at radius 1 is 1.23 bits per heavy atom. The van der Waals surface area contributed by atoms with Crippen LogP contribution in [0, 0.1) is 11.3 Å². The van der Waals surface area contributed by atoms with Gasteiger partial charge in [-0.3, -0.25) is 0 Å². The van der Waals surface area contributed by atoms with Crippen molar-refractivity contribution in [2.24, 2.45) is 11.3 Å². The molecule has 2 nitrogen and oxygen atoms in total. The highest BCUT2D eigenvalue weighted by molar-refractivity contribution is 4.88. The molecule has 0 amide bonds. The first-order valence-electron chi connectivity index (χ1n) is 5.42. The number of hydrogen-bond acceptors (Lipinski definition) is 2. The Labute approximate surface area is 82.7 Å². The Hall–Kier alpha value is -0.0800. The normalized spacial score (nSPS) is 22.6. The van der Waals surface area contributed by atoms with Crippen LogP contribution >= 0.6 is 0 Å². The molecule has 0 spiro atoms. The lowest BCUT2D eigenvalue weighted by molar-refractivity contribution is 0.0869. The molecule has 0 radical (unpaired) electrons. The molecule has 0 aliphatic carbocycles.